The van der Waals surface area contributed by atoms with Crippen molar-refractivity contribution in [3.63, 3.8) is 0 Å². The summed E-state index contributed by atoms with van der Waals surface area (Å²) in [6.07, 6.45) is 6.18. The van der Waals surface area contributed by atoms with Crippen molar-refractivity contribution in [1.29, 1.82) is 0 Å². The van der Waals surface area contributed by atoms with Crippen molar-refractivity contribution in [2.24, 2.45) is 5.92 Å². The highest BCUT2D eigenvalue weighted by molar-refractivity contribution is 5.90. The SMILES string of the molecule is O=C(CCC1CCCC1)Nc1cc(F)cc(F)c1. The molecule has 0 radical (unpaired) electrons. The number of amides is 1. The van der Waals surface area contributed by atoms with E-state index in [1.165, 1.54) is 25.7 Å². The Hall–Kier alpha value is -1.45. The van der Waals surface area contributed by atoms with Crippen LogP contribution in [0.25, 0.3) is 0 Å². The number of hydrogen-bond donors (Lipinski definition) is 1. The van der Waals surface area contributed by atoms with Gasteiger partial charge in [-0.15, -0.1) is 0 Å². The monoisotopic (exact) mass is 253 g/mol. The molecule has 1 N–H and O–H groups in total. The van der Waals surface area contributed by atoms with E-state index in [1.54, 1.807) is 0 Å². The molecule has 0 spiro atoms. The summed E-state index contributed by atoms with van der Waals surface area (Å²) in [4.78, 5) is 11.6. The van der Waals surface area contributed by atoms with Crippen LogP contribution in [0.15, 0.2) is 18.2 Å². The van der Waals surface area contributed by atoms with Crippen molar-refractivity contribution in [3.05, 3.63) is 29.8 Å². The average molecular weight is 253 g/mol. The molecule has 1 aromatic rings. The lowest BCUT2D eigenvalue weighted by Gasteiger charge is -2.09. The molecule has 4 heteroatoms. The molecule has 2 rings (SSSR count). The molecule has 1 fully saturated rings. The summed E-state index contributed by atoms with van der Waals surface area (Å²) in [5.41, 5.74) is 0.184. The predicted molar refractivity (Wildman–Crippen MR) is 66.2 cm³/mol. The molecule has 1 saturated carbocycles. The van der Waals surface area contributed by atoms with Crippen LogP contribution in [0.5, 0.6) is 0 Å². The fourth-order valence-corrected chi connectivity index (χ4v) is 2.48. The standard InChI is InChI=1S/C14H17F2NO/c15-11-7-12(16)9-13(8-11)17-14(18)6-5-10-3-1-2-4-10/h7-10H,1-6H2,(H,17,18). The highest BCUT2D eigenvalue weighted by Crippen LogP contribution is 2.28. The Bertz CT molecular complexity index is 408. The van der Waals surface area contributed by atoms with Gasteiger partial charge in [0.2, 0.25) is 5.91 Å². The first-order valence-electron chi connectivity index (χ1n) is 6.39. The Morgan fingerprint density at radius 1 is 1.17 bits per heavy atom. The molecule has 0 bridgehead atoms. The van der Waals surface area contributed by atoms with Gasteiger partial charge >= 0.3 is 0 Å². The maximum absolute atomic E-state index is 12.9. The first-order valence-corrected chi connectivity index (χ1v) is 6.39. The third-order valence-electron chi connectivity index (χ3n) is 3.40. The lowest BCUT2D eigenvalue weighted by atomic mass is 10.0. The molecule has 1 amide bonds. The maximum atomic E-state index is 12.9. The molecule has 1 aromatic carbocycles. The molecule has 18 heavy (non-hydrogen) atoms. The van der Waals surface area contributed by atoms with E-state index in [0.717, 1.165) is 24.6 Å². The molecule has 0 atom stereocenters. The Morgan fingerprint density at radius 3 is 2.39 bits per heavy atom. The minimum absolute atomic E-state index is 0.174. The number of nitrogens with one attached hydrogen (secondary N) is 1. The van der Waals surface area contributed by atoms with Crippen molar-refractivity contribution < 1.29 is 13.6 Å². The smallest absolute Gasteiger partial charge is 0.224 e. The number of halogens is 2. The molecule has 0 aromatic heterocycles. The van der Waals surface area contributed by atoms with Gasteiger partial charge in [-0.1, -0.05) is 25.7 Å². The van der Waals surface area contributed by atoms with E-state index < -0.39 is 11.6 Å². The zero-order valence-electron chi connectivity index (χ0n) is 10.2. The highest BCUT2D eigenvalue weighted by atomic mass is 19.1. The second kappa shape index (κ2) is 5.94. The molecule has 0 aliphatic heterocycles. The third-order valence-corrected chi connectivity index (χ3v) is 3.40. The van der Waals surface area contributed by atoms with Gasteiger partial charge in [-0.05, 0) is 24.5 Å². The van der Waals surface area contributed by atoms with Crippen LogP contribution in [0.2, 0.25) is 0 Å². The van der Waals surface area contributed by atoms with E-state index in [0.29, 0.717) is 12.3 Å². The lowest BCUT2D eigenvalue weighted by Crippen LogP contribution is -2.13. The maximum Gasteiger partial charge on any atom is 0.224 e. The number of benzene rings is 1. The number of rotatable bonds is 4. The molecule has 0 heterocycles. The largest absolute Gasteiger partial charge is 0.326 e. The quantitative estimate of drug-likeness (QED) is 0.867. The van der Waals surface area contributed by atoms with Crippen LogP contribution in [0.4, 0.5) is 14.5 Å². The molecule has 0 saturated heterocycles. The van der Waals surface area contributed by atoms with E-state index >= 15 is 0 Å². The Labute approximate surface area is 105 Å². The van der Waals surface area contributed by atoms with Crippen LogP contribution in [-0.2, 0) is 4.79 Å². The second-order valence-corrected chi connectivity index (χ2v) is 4.90. The lowest BCUT2D eigenvalue weighted by molar-refractivity contribution is -0.116. The zero-order valence-corrected chi connectivity index (χ0v) is 10.2. The van der Waals surface area contributed by atoms with Crippen LogP contribution in [0.1, 0.15) is 38.5 Å². The van der Waals surface area contributed by atoms with Crippen molar-refractivity contribution >= 4 is 11.6 Å². The van der Waals surface area contributed by atoms with E-state index in [-0.39, 0.29) is 11.6 Å². The summed E-state index contributed by atoms with van der Waals surface area (Å²) in [5, 5.41) is 2.53. The van der Waals surface area contributed by atoms with Gasteiger partial charge in [0.05, 0.1) is 0 Å². The van der Waals surface area contributed by atoms with E-state index in [2.05, 4.69) is 5.32 Å². The molecular weight excluding hydrogens is 236 g/mol. The van der Waals surface area contributed by atoms with Gasteiger partial charge in [0.1, 0.15) is 11.6 Å². The Kier molecular flexibility index (Phi) is 4.28. The van der Waals surface area contributed by atoms with Crippen LogP contribution in [0.3, 0.4) is 0 Å². The van der Waals surface area contributed by atoms with Gasteiger partial charge < -0.3 is 5.32 Å². The Balaban J connectivity index is 1.82. The van der Waals surface area contributed by atoms with Crippen LogP contribution >= 0.6 is 0 Å². The summed E-state index contributed by atoms with van der Waals surface area (Å²) in [7, 11) is 0. The van der Waals surface area contributed by atoms with Crippen molar-refractivity contribution in [1.82, 2.24) is 0 Å². The molecule has 0 unspecified atom stereocenters. The average Bonchev–Trinajstić information content (AvgIpc) is 2.77. The van der Waals surface area contributed by atoms with Gasteiger partial charge in [-0.25, -0.2) is 8.78 Å². The third kappa shape index (κ3) is 3.79. The van der Waals surface area contributed by atoms with E-state index in [4.69, 9.17) is 0 Å². The fourth-order valence-electron chi connectivity index (χ4n) is 2.48. The first kappa shape index (κ1) is 13.0. The van der Waals surface area contributed by atoms with Gasteiger partial charge in [0, 0.05) is 18.2 Å². The number of hydrogen-bond acceptors (Lipinski definition) is 1. The first-order chi connectivity index (χ1) is 8.63. The van der Waals surface area contributed by atoms with E-state index in [9.17, 15) is 13.6 Å². The number of anilines is 1. The van der Waals surface area contributed by atoms with Gasteiger partial charge in [-0.2, -0.15) is 0 Å². The predicted octanol–water partition coefficient (Wildman–Crippen LogP) is 3.87. The van der Waals surface area contributed by atoms with Gasteiger partial charge in [0.15, 0.2) is 0 Å². The van der Waals surface area contributed by atoms with Crippen LogP contribution in [-0.4, -0.2) is 5.91 Å². The zero-order chi connectivity index (χ0) is 13.0. The van der Waals surface area contributed by atoms with E-state index in [1.807, 2.05) is 0 Å². The fraction of sp³-hybridized carbons (Fsp3) is 0.500. The van der Waals surface area contributed by atoms with Gasteiger partial charge in [0.25, 0.3) is 0 Å². The summed E-state index contributed by atoms with van der Waals surface area (Å²) in [6.45, 7) is 0. The molecule has 2 nitrogen and oxygen atoms in total. The van der Waals surface area contributed by atoms with Crippen molar-refractivity contribution in [2.45, 2.75) is 38.5 Å². The van der Waals surface area contributed by atoms with Crippen molar-refractivity contribution in [3.8, 4) is 0 Å². The second-order valence-electron chi connectivity index (χ2n) is 4.90. The molecule has 1 aliphatic rings. The molecule has 98 valence electrons. The topological polar surface area (TPSA) is 29.1 Å². The van der Waals surface area contributed by atoms with Crippen LogP contribution < -0.4 is 5.32 Å². The van der Waals surface area contributed by atoms with Gasteiger partial charge in [-0.3, -0.25) is 4.79 Å². The summed E-state index contributed by atoms with van der Waals surface area (Å²) >= 11 is 0. The summed E-state index contributed by atoms with van der Waals surface area (Å²) < 4.78 is 25.8. The summed E-state index contributed by atoms with van der Waals surface area (Å²) in [6, 6.07) is 3.03. The minimum Gasteiger partial charge on any atom is -0.326 e. The van der Waals surface area contributed by atoms with Crippen molar-refractivity contribution in [2.75, 3.05) is 5.32 Å². The minimum atomic E-state index is -0.680. The molecular formula is C14H17F2NO. The van der Waals surface area contributed by atoms with Crippen LogP contribution in [0, 0.1) is 17.6 Å². The number of carbonyl (C=O) groups excluding carboxylic acids is 1. The molecule has 1 aliphatic carbocycles. The summed E-state index contributed by atoms with van der Waals surface area (Å²) in [5.74, 6) is -0.894. The number of carbonyl (C=O) groups is 1. The highest BCUT2D eigenvalue weighted by Gasteiger charge is 2.16. The normalized spacial score (nSPS) is 15.9. The Morgan fingerprint density at radius 2 is 1.78 bits per heavy atom.